The van der Waals surface area contributed by atoms with E-state index < -0.39 is 0 Å². The van der Waals surface area contributed by atoms with E-state index in [4.69, 9.17) is 9.47 Å². The average Bonchev–Trinajstić information content (AvgIpc) is 2.60. The highest BCUT2D eigenvalue weighted by Crippen LogP contribution is 2.18. The predicted molar refractivity (Wildman–Crippen MR) is 90.3 cm³/mol. The van der Waals surface area contributed by atoms with E-state index in [2.05, 4.69) is 10.5 Å². The first kappa shape index (κ1) is 16.5. The van der Waals surface area contributed by atoms with Gasteiger partial charge in [-0.3, -0.25) is 4.79 Å². The molecule has 1 amide bonds. The number of hydrogen-bond acceptors (Lipinski definition) is 4. The third-order valence-corrected chi connectivity index (χ3v) is 3.25. The van der Waals surface area contributed by atoms with E-state index in [0.717, 1.165) is 11.3 Å². The SMILES string of the molecule is CCOc1ccc(C(=O)N/N=C(/C)c2ccccc2OC)cc1. The molecule has 2 aromatic rings. The van der Waals surface area contributed by atoms with E-state index in [9.17, 15) is 4.79 Å². The van der Waals surface area contributed by atoms with Crippen LogP contribution in [-0.4, -0.2) is 25.3 Å². The van der Waals surface area contributed by atoms with E-state index in [-0.39, 0.29) is 5.91 Å². The summed E-state index contributed by atoms with van der Waals surface area (Å²) in [5, 5.41) is 4.14. The molecule has 0 radical (unpaired) electrons. The number of carbonyl (C=O) groups is 1. The summed E-state index contributed by atoms with van der Waals surface area (Å²) in [6.07, 6.45) is 0. The number of methoxy groups -OCH3 is 1. The first-order valence-corrected chi connectivity index (χ1v) is 7.36. The Labute approximate surface area is 135 Å². The molecule has 23 heavy (non-hydrogen) atoms. The fraction of sp³-hybridized carbons (Fsp3) is 0.222. The summed E-state index contributed by atoms with van der Waals surface area (Å²) in [6, 6.07) is 14.4. The summed E-state index contributed by atoms with van der Waals surface area (Å²) in [7, 11) is 1.60. The third kappa shape index (κ3) is 4.32. The van der Waals surface area contributed by atoms with Crippen molar-refractivity contribution in [2.24, 2.45) is 5.10 Å². The van der Waals surface area contributed by atoms with Crippen molar-refractivity contribution < 1.29 is 14.3 Å². The van der Waals surface area contributed by atoms with E-state index in [1.54, 1.807) is 31.4 Å². The Morgan fingerprint density at radius 1 is 1.13 bits per heavy atom. The Hall–Kier alpha value is -2.82. The van der Waals surface area contributed by atoms with Gasteiger partial charge in [0.2, 0.25) is 0 Å². The Morgan fingerprint density at radius 2 is 1.83 bits per heavy atom. The lowest BCUT2D eigenvalue weighted by molar-refractivity contribution is 0.0955. The van der Waals surface area contributed by atoms with Gasteiger partial charge < -0.3 is 9.47 Å². The standard InChI is InChI=1S/C18H20N2O3/c1-4-23-15-11-9-14(10-12-15)18(21)20-19-13(2)16-7-5-6-8-17(16)22-3/h5-12H,4H2,1-3H3,(H,20,21)/b19-13-. The molecule has 1 N–H and O–H groups in total. The molecule has 0 fully saturated rings. The number of ether oxygens (including phenoxy) is 2. The second-order valence-electron chi connectivity index (χ2n) is 4.80. The van der Waals surface area contributed by atoms with Gasteiger partial charge in [0.15, 0.2) is 0 Å². The normalized spacial score (nSPS) is 11.0. The quantitative estimate of drug-likeness (QED) is 0.658. The van der Waals surface area contributed by atoms with Crippen LogP contribution >= 0.6 is 0 Å². The lowest BCUT2D eigenvalue weighted by Gasteiger charge is -2.08. The van der Waals surface area contributed by atoms with Crippen LogP contribution in [0, 0.1) is 0 Å². The number of para-hydroxylation sites is 1. The zero-order valence-corrected chi connectivity index (χ0v) is 13.5. The van der Waals surface area contributed by atoms with Crippen LogP contribution in [-0.2, 0) is 0 Å². The van der Waals surface area contributed by atoms with Crippen LogP contribution in [0.15, 0.2) is 53.6 Å². The Kier molecular flexibility index (Phi) is 5.74. The number of rotatable bonds is 6. The molecule has 5 heteroatoms. The topological polar surface area (TPSA) is 59.9 Å². The van der Waals surface area contributed by atoms with Crippen molar-refractivity contribution >= 4 is 11.6 Å². The molecule has 0 spiro atoms. The van der Waals surface area contributed by atoms with Crippen molar-refractivity contribution in [3.8, 4) is 11.5 Å². The number of carbonyl (C=O) groups excluding carboxylic acids is 1. The molecule has 2 aromatic carbocycles. The van der Waals surface area contributed by atoms with Crippen molar-refractivity contribution in [1.29, 1.82) is 0 Å². The maximum absolute atomic E-state index is 12.1. The number of hydrazone groups is 1. The van der Waals surface area contributed by atoms with E-state index >= 15 is 0 Å². The Bertz CT molecular complexity index is 694. The minimum absolute atomic E-state index is 0.276. The maximum atomic E-state index is 12.1. The van der Waals surface area contributed by atoms with E-state index in [1.807, 2.05) is 38.1 Å². The van der Waals surface area contributed by atoms with Crippen molar-refractivity contribution in [3.05, 3.63) is 59.7 Å². The zero-order chi connectivity index (χ0) is 16.7. The van der Waals surface area contributed by atoms with Crippen LogP contribution in [0.25, 0.3) is 0 Å². The van der Waals surface area contributed by atoms with Crippen molar-refractivity contribution in [2.45, 2.75) is 13.8 Å². The summed E-state index contributed by atoms with van der Waals surface area (Å²) in [5.74, 6) is 1.17. The highest BCUT2D eigenvalue weighted by Gasteiger charge is 2.07. The Morgan fingerprint density at radius 3 is 2.48 bits per heavy atom. The molecule has 120 valence electrons. The number of nitrogens with one attached hydrogen (secondary N) is 1. The van der Waals surface area contributed by atoms with Crippen molar-refractivity contribution in [2.75, 3.05) is 13.7 Å². The number of nitrogens with zero attached hydrogens (tertiary/aromatic N) is 1. The number of hydrogen-bond donors (Lipinski definition) is 1. The molecule has 0 aliphatic rings. The average molecular weight is 312 g/mol. The summed E-state index contributed by atoms with van der Waals surface area (Å²) in [4.78, 5) is 12.1. The van der Waals surface area contributed by atoms with Gasteiger partial charge in [0.05, 0.1) is 19.4 Å². The Balaban J connectivity index is 2.07. The zero-order valence-electron chi connectivity index (χ0n) is 13.5. The molecule has 0 aromatic heterocycles. The van der Waals surface area contributed by atoms with E-state index in [1.165, 1.54) is 0 Å². The number of amides is 1. The van der Waals surface area contributed by atoms with Crippen LogP contribution in [0.3, 0.4) is 0 Å². The summed E-state index contributed by atoms with van der Waals surface area (Å²) < 4.78 is 10.6. The van der Waals surface area contributed by atoms with Gasteiger partial charge in [-0.1, -0.05) is 12.1 Å². The molecule has 0 unspecified atom stereocenters. The van der Waals surface area contributed by atoms with Crippen LogP contribution in [0.4, 0.5) is 0 Å². The molecule has 0 atom stereocenters. The number of benzene rings is 2. The highest BCUT2D eigenvalue weighted by atomic mass is 16.5. The first-order chi connectivity index (χ1) is 11.2. The van der Waals surface area contributed by atoms with Crippen LogP contribution in [0.2, 0.25) is 0 Å². The predicted octanol–water partition coefficient (Wildman–Crippen LogP) is 3.25. The van der Waals surface area contributed by atoms with Gasteiger partial charge in [0.25, 0.3) is 5.91 Å². The maximum Gasteiger partial charge on any atom is 0.271 e. The van der Waals surface area contributed by atoms with Crippen LogP contribution in [0.1, 0.15) is 29.8 Å². The molecule has 5 nitrogen and oxygen atoms in total. The smallest absolute Gasteiger partial charge is 0.271 e. The van der Waals surface area contributed by atoms with Gasteiger partial charge in [0, 0.05) is 11.1 Å². The van der Waals surface area contributed by atoms with E-state index in [0.29, 0.717) is 23.6 Å². The molecule has 0 heterocycles. The largest absolute Gasteiger partial charge is 0.496 e. The minimum Gasteiger partial charge on any atom is -0.496 e. The van der Waals surface area contributed by atoms with Gasteiger partial charge >= 0.3 is 0 Å². The van der Waals surface area contributed by atoms with Crippen molar-refractivity contribution in [3.63, 3.8) is 0 Å². The molecular weight excluding hydrogens is 292 g/mol. The monoisotopic (exact) mass is 312 g/mol. The fourth-order valence-corrected chi connectivity index (χ4v) is 2.07. The van der Waals surface area contributed by atoms with Crippen LogP contribution < -0.4 is 14.9 Å². The molecule has 0 saturated heterocycles. The summed E-state index contributed by atoms with van der Waals surface area (Å²) >= 11 is 0. The second-order valence-corrected chi connectivity index (χ2v) is 4.80. The lowest BCUT2D eigenvalue weighted by Crippen LogP contribution is -2.19. The van der Waals surface area contributed by atoms with Crippen LogP contribution in [0.5, 0.6) is 11.5 Å². The van der Waals surface area contributed by atoms with Gasteiger partial charge in [0.1, 0.15) is 11.5 Å². The fourth-order valence-electron chi connectivity index (χ4n) is 2.07. The second kappa shape index (κ2) is 7.98. The van der Waals surface area contributed by atoms with Crippen molar-refractivity contribution in [1.82, 2.24) is 5.43 Å². The van der Waals surface area contributed by atoms with Gasteiger partial charge in [-0.25, -0.2) is 5.43 Å². The molecule has 2 rings (SSSR count). The molecule has 0 aliphatic carbocycles. The third-order valence-electron chi connectivity index (χ3n) is 3.25. The molecular formula is C18H20N2O3. The molecule has 0 aliphatic heterocycles. The summed E-state index contributed by atoms with van der Waals surface area (Å²) in [6.45, 7) is 4.32. The molecule has 0 bridgehead atoms. The van der Waals surface area contributed by atoms with Gasteiger partial charge in [-0.05, 0) is 50.2 Å². The van der Waals surface area contributed by atoms with Gasteiger partial charge in [-0.2, -0.15) is 5.10 Å². The molecule has 0 saturated carbocycles. The minimum atomic E-state index is -0.276. The first-order valence-electron chi connectivity index (χ1n) is 7.36. The van der Waals surface area contributed by atoms with Gasteiger partial charge in [-0.15, -0.1) is 0 Å². The lowest BCUT2D eigenvalue weighted by atomic mass is 10.1. The highest BCUT2D eigenvalue weighted by molar-refractivity contribution is 6.02. The summed E-state index contributed by atoms with van der Waals surface area (Å²) in [5.41, 5.74) is 4.57.